The van der Waals surface area contributed by atoms with Crippen LogP contribution in [0.2, 0.25) is 0 Å². The van der Waals surface area contributed by atoms with E-state index in [4.69, 9.17) is 14.6 Å². The highest BCUT2D eigenvalue weighted by molar-refractivity contribution is 5.70. The second-order valence-corrected chi connectivity index (χ2v) is 8.98. The predicted octanol–water partition coefficient (Wildman–Crippen LogP) is 5.55. The number of ether oxygens (including phenoxy) is 2. The molecule has 0 saturated heterocycles. The number of aliphatic hydroxyl groups is 1. The molecule has 32 heavy (non-hydrogen) atoms. The first-order valence-corrected chi connectivity index (χ1v) is 11.4. The van der Waals surface area contributed by atoms with Gasteiger partial charge in [0.2, 0.25) is 0 Å². The molecule has 0 spiro atoms. The van der Waals surface area contributed by atoms with Crippen LogP contribution in [-0.2, 0) is 21.4 Å². The topological polar surface area (TPSA) is 76.0 Å². The van der Waals surface area contributed by atoms with Gasteiger partial charge in [-0.2, -0.15) is 0 Å². The first kappa shape index (κ1) is 25.9. The molecule has 0 aliphatic heterocycles. The van der Waals surface area contributed by atoms with Crippen LogP contribution in [0, 0.1) is 13.8 Å². The van der Waals surface area contributed by atoms with Crippen molar-refractivity contribution in [3.63, 3.8) is 0 Å². The summed E-state index contributed by atoms with van der Waals surface area (Å²) >= 11 is 0. The summed E-state index contributed by atoms with van der Waals surface area (Å²) in [5.41, 5.74) is 5.26. The smallest absolute Gasteiger partial charge is 0.307 e. The summed E-state index contributed by atoms with van der Waals surface area (Å²) in [6, 6.07) is 12.6. The maximum Gasteiger partial charge on any atom is 0.307 e. The molecule has 0 aliphatic rings. The third-order valence-electron chi connectivity index (χ3n) is 6.17. The Morgan fingerprint density at radius 1 is 0.938 bits per heavy atom. The maximum atomic E-state index is 11.1. The zero-order chi connectivity index (χ0) is 23.9. The van der Waals surface area contributed by atoms with Gasteiger partial charge in [-0.25, -0.2) is 0 Å². The lowest BCUT2D eigenvalue weighted by molar-refractivity contribution is -0.176. The Morgan fingerprint density at radius 2 is 1.53 bits per heavy atom. The Bertz CT molecular complexity index is 907. The summed E-state index contributed by atoms with van der Waals surface area (Å²) in [7, 11) is 0. The minimum absolute atomic E-state index is 0.0450. The van der Waals surface area contributed by atoms with Crippen molar-refractivity contribution < 1.29 is 24.5 Å². The average Bonchev–Trinajstić information content (AvgIpc) is 2.71. The zero-order valence-corrected chi connectivity index (χ0v) is 20.3. The van der Waals surface area contributed by atoms with Crippen molar-refractivity contribution >= 4 is 5.97 Å². The molecule has 2 aromatic rings. The number of rotatable bonds is 12. The van der Waals surface area contributed by atoms with E-state index < -0.39 is 11.8 Å². The fourth-order valence-corrected chi connectivity index (χ4v) is 4.26. The second-order valence-electron chi connectivity index (χ2n) is 8.98. The van der Waals surface area contributed by atoms with Crippen LogP contribution >= 0.6 is 0 Å². The molecule has 5 heteroatoms. The van der Waals surface area contributed by atoms with E-state index in [0.29, 0.717) is 19.6 Å². The van der Waals surface area contributed by atoms with E-state index in [0.717, 1.165) is 35.3 Å². The molecule has 0 atom stereocenters. The summed E-state index contributed by atoms with van der Waals surface area (Å²) < 4.78 is 11.3. The highest BCUT2D eigenvalue weighted by Crippen LogP contribution is 2.41. The van der Waals surface area contributed by atoms with Gasteiger partial charge in [0.1, 0.15) is 5.75 Å². The van der Waals surface area contributed by atoms with Gasteiger partial charge in [-0.1, -0.05) is 44.2 Å². The van der Waals surface area contributed by atoms with E-state index in [9.17, 15) is 9.90 Å². The van der Waals surface area contributed by atoms with Crippen LogP contribution in [0.4, 0.5) is 0 Å². The van der Waals surface area contributed by atoms with Crippen LogP contribution < -0.4 is 4.74 Å². The Labute approximate surface area is 192 Å². The van der Waals surface area contributed by atoms with Crippen LogP contribution in [-0.4, -0.2) is 35.2 Å². The lowest BCUT2D eigenvalue weighted by Gasteiger charge is -2.34. The van der Waals surface area contributed by atoms with Gasteiger partial charge in [0.05, 0.1) is 19.6 Å². The Kier molecular flexibility index (Phi) is 8.88. The lowest BCUT2D eigenvalue weighted by atomic mass is 9.70. The summed E-state index contributed by atoms with van der Waals surface area (Å²) in [6.45, 7) is 12.6. The minimum atomic E-state index is -1.12. The van der Waals surface area contributed by atoms with Crippen LogP contribution in [0.5, 0.6) is 5.75 Å². The minimum Gasteiger partial charge on any atom is -0.493 e. The van der Waals surface area contributed by atoms with Crippen molar-refractivity contribution in [2.75, 3.05) is 13.2 Å². The lowest BCUT2D eigenvalue weighted by Crippen LogP contribution is -2.26. The number of hydrogen-bond donors (Lipinski definition) is 2. The molecule has 2 N–H and O–H groups in total. The molecule has 0 bridgehead atoms. The number of aryl methyl sites for hydroxylation is 2. The second kappa shape index (κ2) is 11.0. The van der Waals surface area contributed by atoms with Gasteiger partial charge in [-0.3, -0.25) is 4.79 Å². The van der Waals surface area contributed by atoms with Crippen LogP contribution in [0.3, 0.4) is 0 Å². The monoisotopic (exact) mass is 442 g/mol. The van der Waals surface area contributed by atoms with E-state index in [2.05, 4.69) is 45.0 Å². The highest BCUT2D eigenvalue weighted by atomic mass is 16.6. The van der Waals surface area contributed by atoms with Crippen molar-refractivity contribution in [2.45, 2.75) is 78.4 Å². The van der Waals surface area contributed by atoms with E-state index in [1.807, 2.05) is 19.1 Å². The molecule has 0 saturated carbocycles. The fourth-order valence-electron chi connectivity index (χ4n) is 4.26. The number of aliphatic carboxylic acids is 1. The molecule has 5 nitrogen and oxygen atoms in total. The summed E-state index contributed by atoms with van der Waals surface area (Å²) in [5.74, 6) is -1.08. The van der Waals surface area contributed by atoms with Crippen LogP contribution in [0.25, 0.3) is 0 Å². The van der Waals surface area contributed by atoms with Crippen molar-refractivity contribution in [3.05, 3.63) is 64.2 Å². The third kappa shape index (κ3) is 6.57. The fraction of sp³-hybridized carbons (Fsp3) is 0.519. The number of carboxylic acids is 1. The molecule has 2 rings (SSSR count). The van der Waals surface area contributed by atoms with E-state index in [1.54, 1.807) is 13.8 Å². The van der Waals surface area contributed by atoms with Gasteiger partial charge < -0.3 is 19.7 Å². The van der Waals surface area contributed by atoms with Gasteiger partial charge in [-0.15, -0.1) is 0 Å². The van der Waals surface area contributed by atoms with Crippen LogP contribution in [0.15, 0.2) is 36.4 Å². The molecule has 0 heterocycles. The average molecular weight is 443 g/mol. The molecule has 0 fully saturated rings. The van der Waals surface area contributed by atoms with Crippen molar-refractivity contribution in [1.82, 2.24) is 0 Å². The van der Waals surface area contributed by atoms with Gasteiger partial charge in [0, 0.05) is 11.8 Å². The molecular formula is C27H38O5. The van der Waals surface area contributed by atoms with E-state index in [1.165, 1.54) is 11.1 Å². The largest absolute Gasteiger partial charge is 0.493 e. The Balaban J connectivity index is 2.22. The number of carboxylic acid groups (broad SMARTS) is 1. The maximum absolute atomic E-state index is 11.1. The van der Waals surface area contributed by atoms with Crippen LogP contribution in [0.1, 0.15) is 74.8 Å². The van der Waals surface area contributed by atoms with Crippen molar-refractivity contribution in [1.29, 1.82) is 0 Å². The van der Waals surface area contributed by atoms with Gasteiger partial charge in [-0.05, 0) is 74.4 Å². The number of benzene rings is 2. The molecule has 0 amide bonds. The van der Waals surface area contributed by atoms with Crippen molar-refractivity contribution in [2.24, 2.45) is 0 Å². The molecular weight excluding hydrogens is 404 g/mol. The first-order valence-electron chi connectivity index (χ1n) is 11.4. The van der Waals surface area contributed by atoms with E-state index >= 15 is 0 Å². The summed E-state index contributed by atoms with van der Waals surface area (Å²) in [6.07, 6.45) is 2.62. The quantitative estimate of drug-likeness (QED) is 0.333. The molecule has 0 unspecified atom stereocenters. The van der Waals surface area contributed by atoms with Crippen molar-refractivity contribution in [3.8, 4) is 5.75 Å². The molecule has 176 valence electrons. The molecule has 0 aromatic heterocycles. The highest BCUT2D eigenvalue weighted by Gasteiger charge is 2.31. The molecule has 0 aliphatic carbocycles. The van der Waals surface area contributed by atoms with Gasteiger partial charge in [0.25, 0.3) is 0 Å². The number of carbonyl (C=O) groups is 1. The Hall–Kier alpha value is -2.37. The summed E-state index contributed by atoms with van der Waals surface area (Å²) in [4.78, 5) is 11.1. The third-order valence-corrected chi connectivity index (χ3v) is 6.17. The Morgan fingerprint density at radius 3 is 2.03 bits per heavy atom. The van der Waals surface area contributed by atoms with E-state index in [-0.39, 0.29) is 11.8 Å². The standard InChI is InChI=1S/C27H38O5/c1-7-27(8-2,22-11-10-21(18-25(28)29)19(3)16-22)23-12-13-24(20(4)17-23)31-14-9-15-32-26(5,6)30/h10-13,16-17,30H,7-9,14-15,18H2,1-6H3,(H,28,29). The molecule has 0 radical (unpaired) electrons. The van der Waals surface area contributed by atoms with Gasteiger partial charge >= 0.3 is 5.97 Å². The molecule has 2 aromatic carbocycles. The number of hydrogen-bond acceptors (Lipinski definition) is 4. The first-order chi connectivity index (χ1) is 15.0. The predicted molar refractivity (Wildman–Crippen MR) is 127 cm³/mol. The normalized spacial score (nSPS) is 12.1. The summed E-state index contributed by atoms with van der Waals surface area (Å²) in [5, 5.41) is 18.8. The van der Waals surface area contributed by atoms with Gasteiger partial charge in [0.15, 0.2) is 5.79 Å². The zero-order valence-electron chi connectivity index (χ0n) is 20.3. The SMILES string of the molecule is CCC(CC)(c1ccc(CC(=O)O)c(C)c1)c1ccc(OCCCOC(C)(C)O)c(C)c1.